The quantitative estimate of drug-likeness (QED) is 0.668. The highest BCUT2D eigenvalue weighted by Gasteiger charge is 2.20. The van der Waals surface area contributed by atoms with Crippen LogP contribution in [0.2, 0.25) is 0 Å². The molecule has 8 nitrogen and oxygen atoms in total. The average Bonchev–Trinajstić information content (AvgIpc) is 2.90. The first kappa shape index (κ1) is 13.7. The lowest BCUT2D eigenvalue weighted by atomic mass is 10.1. The Morgan fingerprint density at radius 3 is 2.85 bits per heavy atom. The topological polar surface area (TPSA) is 105 Å². The first-order chi connectivity index (χ1) is 9.50. The Labute approximate surface area is 114 Å². The second-order valence-corrected chi connectivity index (χ2v) is 4.30. The Morgan fingerprint density at radius 2 is 2.25 bits per heavy atom. The minimum Gasteiger partial charge on any atom is -0.334 e. The number of nitrogens with zero attached hydrogens (tertiary/aromatic N) is 4. The fourth-order valence-corrected chi connectivity index (χ4v) is 1.86. The van der Waals surface area contributed by atoms with E-state index in [2.05, 4.69) is 15.2 Å². The molecule has 0 spiro atoms. The molecule has 0 saturated heterocycles. The fraction of sp³-hybridized carbons (Fsp3) is 0.250. The molecule has 1 heterocycles. The van der Waals surface area contributed by atoms with Crippen molar-refractivity contribution < 1.29 is 9.72 Å². The highest BCUT2D eigenvalue weighted by atomic mass is 16.6. The number of nitrogens with one attached hydrogen (secondary N) is 1. The van der Waals surface area contributed by atoms with Crippen LogP contribution in [0.15, 0.2) is 24.5 Å². The van der Waals surface area contributed by atoms with Gasteiger partial charge >= 0.3 is 0 Å². The Kier molecular flexibility index (Phi) is 3.74. The summed E-state index contributed by atoms with van der Waals surface area (Å²) in [5.74, 6) is 0.242. The lowest BCUT2D eigenvalue weighted by Crippen LogP contribution is -2.27. The zero-order valence-corrected chi connectivity index (χ0v) is 11.0. The van der Waals surface area contributed by atoms with Crippen LogP contribution in [0.1, 0.15) is 21.7 Å². The zero-order chi connectivity index (χ0) is 14.7. The van der Waals surface area contributed by atoms with E-state index in [-0.39, 0.29) is 18.1 Å². The van der Waals surface area contributed by atoms with Crippen molar-refractivity contribution in [3.05, 3.63) is 51.6 Å². The van der Waals surface area contributed by atoms with Crippen LogP contribution in [0.5, 0.6) is 0 Å². The molecule has 1 aromatic heterocycles. The lowest BCUT2D eigenvalue weighted by molar-refractivity contribution is -0.385. The van der Waals surface area contributed by atoms with E-state index >= 15 is 0 Å². The van der Waals surface area contributed by atoms with Crippen molar-refractivity contribution in [1.82, 2.24) is 20.1 Å². The Balaban J connectivity index is 2.25. The summed E-state index contributed by atoms with van der Waals surface area (Å²) in [5, 5.41) is 17.2. The number of amides is 1. The maximum Gasteiger partial charge on any atom is 0.273 e. The maximum atomic E-state index is 12.3. The number of carbonyl (C=O) groups is 1. The summed E-state index contributed by atoms with van der Waals surface area (Å²) in [7, 11) is 1.60. The van der Waals surface area contributed by atoms with Gasteiger partial charge in [0.25, 0.3) is 11.6 Å². The third-order valence-electron chi connectivity index (χ3n) is 2.93. The van der Waals surface area contributed by atoms with Crippen LogP contribution in [0.4, 0.5) is 5.69 Å². The van der Waals surface area contributed by atoms with E-state index in [1.165, 1.54) is 23.4 Å². The summed E-state index contributed by atoms with van der Waals surface area (Å²) in [6.45, 7) is 1.81. The Morgan fingerprint density at radius 1 is 1.50 bits per heavy atom. The molecule has 0 bridgehead atoms. The molecule has 8 heteroatoms. The number of nitro benzene ring substituents is 1. The van der Waals surface area contributed by atoms with Crippen LogP contribution in [-0.4, -0.2) is 38.0 Å². The van der Waals surface area contributed by atoms with Crippen LogP contribution < -0.4 is 0 Å². The average molecular weight is 275 g/mol. The molecular formula is C12H13N5O3. The van der Waals surface area contributed by atoms with E-state index in [0.29, 0.717) is 17.0 Å². The number of aromatic amines is 1. The highest BCUT2D eigenvalue weighted by molar-refractivity contribution is 5.96. The van der Waals surface area contributed by atoms with Crippen molar-refractivity contribution in [2.24, 2.45) is 0 Å². The smallest absolute Gasteiger partial charge is 0.273 e. The van der Waals surface area contributed by atoms with Crippen LogP contribution in [0.25, 0.3) is 0 Å². The lowest BCUT2D eigenvalue weighted by Gasteiger charge is -2.16. The molecule has 1 amide bonds. The molecule has 104 valence electrons. The van der Waals surface area contributed by atoms with E-state index in [1.807, 2.05) is 0 Å². The number of nitro groups is 1. The molecule has 0 atom stereocenters. The minimum absolute atomic E-state index is 0.0658. The number of benzene rings is 1. The number of hydrogen-bond donors (Lipinski definition) is 1. The molecule has 2 aromatic rings. The van der Waals surface area contributed by atoms with Crippen molar-refractivity contribution >= 4 is 11.6 Å². The van der Waals surface area contributed by atoms with Gasteiger partial charge in [0.15, 0.2) is 0 Å². The van der Waals surface area contributed by atoms with E-state index < -0.39 is 4.92 Å². The molecule has 0 saturated carbocycles. The van der Waals surface area contributed by atoms with Crippen molar-refractivity contribution in [3.63, 3.8) is 0 Å². The van der Waals surface area contributed by atoms with Gasteiger partial charge in [-0.05, 0) is 13.0 Å². The van der Waals surface area contributed by atoms with E-state index in [4.69, 9.17) is 0 Å². The number of aromatic nitrogens is 3. The van der Waals surface area contributed by atoms with Gasteiger partial charge in [-0.25, -0.2) is 4.98 Å². The molecule has 0 aliphatic heterocycles. The summed E-state index contributed by atoms with van der Waals surface area (Å²) < 4.78 is 0. The van der Waals surface area contributed by atoms with Gasteiger partial charge in [-0.3, -0.25) is 20.0 Å². The first-order valence-corrected chi connectivity index (χ1v) is 5.84. The number of carbonyl (C=O) groups excluding carboxylic acids is 1. The van der Waals surface area contributed by atoms with E-state index in [9.17, 15) is 14.9 Å². The number of hydrogen-bond acceptors (Lipinski definition) is 5. The summed E-state index contributed by atoms with van der Waals surface area (Å²) in [6.07, 6.45) is 1.35. The molecule has 1 aromatic carbocycles. The van der Waals surface area contributed by atoms with Crippen molar-refractivity contribution in [1.29, 1.82) is 0 Å². The summed E-state index contributed by atoms with van der Waals surface area (Å²) >= 11 is 0. The predicted molar refractivity (Wildman–Crippen MR) is 70.0 cm³/mol. The minimum atomic E-state index is -0.497. The van der Waals surface area contributed by atoms with Gasteiger partial charge in [-0.2, -0.15) is 5.10 Å². The standard InChI is InChI=1S/C12H13N5O3/c1-8-9(4-3-5-10(8)17(19)20)12(18)16(2)6-11-13-7-14-15-11/h3-5,7H,6H2,1-2H3,(H,13,14,15). The number of rotatable bonds is 4. The fourth-order valence-electron chi connectivity index (χ4n) is 1.86. The van der Waals surface area contributed by atoms with Crippen molar-refractivity contribution in [3.8, 4) is 0 Å². The van der Waals surface area contributed by atoms with E-state index in [0.717, 1.165) is 0 Å². The second-order valence-electron chi connectivity index (χ2n) is 4.30. The molecule has 20 heavy (non-hydrogen) atoms. The molecule has 0 radical (unpaired) electrons. The van der Waals surface area contributed by atoms with Gasteiger partial charge in [0.2, 0.25) is 0 Å². The van der Waals surface area contributed by atoms with Crippen LogP contribution in [0, 0.1) is 17.0 Å². The molecule has 1 N–H and O–H groups in total. The third-order valence-corrected chi connectivity index (χ3v) is 2.93. The number of H-pyrrole nitrogens is 1. The van der Waals surface area contributed by atoms with Crippen molar-refractivity contribution in [2.75, 3.05) is 7.05 Å². The van der Waals surface area contributed by atoms with Gasteiger partial charge in [-0.15, -0.1) is 0 Å². The van der Waals surface area contributed by atoms with Gasteiger partial charge in [0.05, 0.1) is 11.5 Å². The monoisotopic (exact) mass is 275 g/mol. The Hall–Kier alpha value is -2.77. The SMILES string of the molecule is Cc1c(C(=O)N(C)Cc2ncn[nH]2)cccc1[N+](=O)[O-]. The largest absolute Gasteiger partial charge is 0.334 e. The van der Waals surface area contributed by atoms with Crippen molar-refractivity contribution in [2.45, 2.75) is 13.5 Å². The highest BCUT2D eigenvalue weighted by Crippen LogP contribution is 2.22. The molecular weight excluding hydrogens is 262 g/mol. The summed E-state index contributed by atoms with van der Waals surface area (Å²) in [4.78, 5) is 28.0. The maximum absolute atomic E-state index is 12.3. The van der Waals surface area contributed by atoms with Gasteiger partial charge < -0.3 is 4.90 Å². The molecule has 0 aliphatic rings. The summed E-state index contributed by atoms with van der Waals surface area (Å²) in [6, 6.07) is 4.45. The third kappa shape index (κ3) is 2.63. The molecule has 2 rings (SSSR count). The van der Waals surface area contributed by atoms with Crippen LogP contribution in [-0.2, 0) is 6.54 Å². The van der Waals surface area contributed by atoms with Gasteiger partial charge in [0.1, 0.15) is 12.2 Å². The van der Waals surface area contributed by atoms with Gasteiger partial charge in [-0.1, -0.05) is 6.07 Å². The second kappa shape index (κ2) is 5.47. The first-order valence-electron chi connectivity index (χ1n) is 5.84. The summed E-state index contributed by atoms with van der Waals surface area (Å²) in [5.41, 5.74) is 0.594. The van der Waals surface area contributed by atoms with Crippen LogP contribution >= 0.6 is 0 Å². The van der Waals surface area contributed by atoms with Gasteiger partial charge in [0, 0.05) is 24.2 Å². The predicted octanol–water partition coefficient (Wildman–Crippen LogP) is 1.29. The molecule has 0 aliphatic carbocycles. The van der Waals surface area contributed by atoms with E-state index in [1.54, 1.807) is 20.0 Å². The zero-order valence-electron chi connectivity index (χ0n) is 11.0. The normalized spacial score (nSPS) is 10.3. The molecule has 0 unspecified atom stereocenters. The molecule has 0 fully saturated rings. The van der Waals surface area contributed by atoms with Crippen LogP contribution in [0.3, 0.4) is 0 Å². The Bertz CT molecular complexity index is 639.